The second-order valence-electron chi connectivity index (χ2n) is 6.85. The first-order valence-electron chi connectivity index (χ1n) is 8.82. The van der Waals surface area contributed by atoms with Gasteiger partial charge in [0.15, 0.2) is 0 Å². The summed E-state index contributed by atoms with van der Waals surface area (Å²) in [5, 5.41) is 10.5. The van der Waals surface area contributed by atoms with Gasteiger partial charge in [0.2, 0.25) is 5.91 Å². The molecule has 0 aliphatic heterocycles. The summed E-state index contributed by atoms with van der Waals surface area (Å²) >= 11 is 8.83. The summed E-state index contributed by atoms with van der Waals surface area (Å²) in [4.78, 5) is 24.5. The van der Waals surface area contributed by atoms with Gasteiger partial charge in [-0.25, -0.2) is 4.72 Å². The summed E-state index contributed by atoms with van der Waals surface area (Å²) in [6, 6.07) is 18.4. The highest BCUT2D eigenvalue weighted by Gasteiger charge is 2.61. The van der Waals surface area contributed by atoms with E-state index in [4.69, 9.17) is 17.3 Å². The first-order valence-corrected chi connectivity index (χ1v) is 10.8. The van der Waals surface area contributed by atoms with Gasteiger partial charge >= 0.3 is 5.97 Å². The molecule has 3 aromatic rings. The Kier molecular flexibility index (Phi) is 5.40. The van der Waals surface area contributed by atoms with E-state index in [0.29, 0.717) is 17.0 Å². The lowest BCUT2D eigenvalue weighted by Gasteiger charge is -2.14. The molecule has 0 radical (unpaired) electrons. The average Bonchev–Trinajstić information content (AvgIpc) is 3.28. The minimum atomic E-state index is -1.06. The van der Waals surface area contributed by atoms with Crippen molar-refractivity contribution in [2.45, 2.75) is 22.1 Å². The van der Waals surface area contributed by atoms with E-state index < -0.39 is 17.4 Å². The zero-order valence-electron chi connectivity index (χ0n) is 15.1. The number of carbonyl (C=O) groups is 2. The Labute approximate surface area is 181 Å². The van der Waals surface area contributed by atoms with Crippen LogP contribution >= 0.6 is 34.9 Å². The summed E-state index contributed by atoms with van der Waals surface area (Å²) in [5.41, 5.74) is 6.52. The van der Waals surface area contributed by atoms with Gasteiger partial charge in [-0.2, -0.15) is 0 Å². The van der Waals surface area contributed by atoms with Crippen LogP contribution in [-0.4, -0.2) is 22.5 Å². The van der Waals surface area contributed by atoms with Crippen LogP contribution in [0.4, 0.5) is 0 Å². The number of aliphatic carboxylic acids is 1. The Hall–Kier alpha value is -2.32. The lowest BCUT2D eigenvalue weighted by Crippen LogP contribution is -2.36. The Balaban J connectivity index is 1.48. The molecule has 1 aromatic heterocycles. The van der Waals surface area contributed by atoms with Crippen LogP contribution in [0.3, 0.4) is 0 Å². The highest BCUT2D eigenvalue weighted by Crippen LogP contribution is 2.53. The summed E-state index contributed by atoms with van der Waals surface area (Å²) in [6.07, 6.45) is 0.451. The average molecular weight is 445 g/mol. The smallest absolute Gasteiger partial charge is 0.325 e. The first-order chi connectivity index (χ1) is 13.9. The number of hydrogen-bond acceptors (Lipinski definition) is 5. The third-order valence-electron chi connectivity index (χ3n) is 4.96. The van der Waals surface area contributed by atoms with Gasteiger partial charge in [0, 0.05) is 21.4 Å². The van der Waals surface area contributed by atoms with Gasteiger partial charge in [0.05, 0.1) is 4.21 Å². The van der Waals surface area contributed by atoms with Crippen LogP contribution in [-0.2, 0) is 4.79 Å². The van der Waals surface area contributed by atoms with Gasteiger partial charge in [-0.05, 0) is 65.9 Å². The van der Waals surface area contributed by atoms with Crippen LogP contribution < -0.4 is 10.5 Å². The van der Waals surface area contributed by atoms with Gasteiger partial charge in [0.1, 0.15) is 5.54 Å². The topological polar surface area (TPSA) is 92.4 Å². The van der Waals surface area contributed by atoms with Crippen molar-refractivity contribution >= 4 is 46.8 Å². The van der Waals surface area contributed by atoms with Crippen molar-refractivity contribution in [3.63, 3.8) is 0 Å². The second-order valence-corrected chi connectivity index (χ2v) is 9.48. The Morgan fingerprint density at radius 3 is 2.62 bits per heavy atom. The van der Waals surface area contributed by atoms with E-state index in [9.17, 15) is 14.7 Å². The normalized spacial score (nSPS) is 20.4. The number of carboxylic acids is 1. The van der Waals surface area contributed by atoms with E-state index in [1.54, 1.807) is 29.5 Å². The van der Waals surface area contributed by atoms with Crippen LogP contribution in [0, 0.1) is 0 Å². The number of nitrogens with two attached hydrogens (primary N) is 1. The molecule has 2 atom stereocenters. The number of hydrogen-bond donors (Lipinski definition) is 3. The molecule has 1 amide bonds. The van der Waals surface area contributed by atoms with E-state index in [0.717, 1.165) is 20.2 Å². The molecule has 148 valence electrons. The van der Waals surface area contributed by atoms with Crippen molar-refractivity contribution < 1.29 is 14.7 Å². The third kappa shape index (κ3) is 4.04. The number of amides is 1. The Morgan fingerprint density at radius 1 is 1.17 bits per heavy atom. The van der Waals surface area contributed by atoms with Crippen LogP contribution in [0.5, 0.6) is 0 Å². The van der Waals surface area contributed by atoms with Crippen LogP contribution in [0.2, 0.25) is 5.02 Å². The number of halogens is 1. The number of thiophene rings is 1. The van der Waals surface area contributed by atoms with Gasteiger partial charge in [-0.15, -0.1) is 11.3 Å². The summed E-state index contributed by atoms with van der Waals surface area (Å²) in [6.45, 7) is 0. The maximum Gasteiger partial charge on any atom is 0.325 e. The number of carbonyl (C=O) groups excluding carboxylic acids is 1. The van der Waals surface area contributed by atoms with Gasteiger partial charge < -0.3 is 10.8 Å². The van der Waals surface area contributed by atoms with Crippen molar-refractivity contribution in [1.82, 2.24) is 4.72 Å². The molecule has 4 N–H and O–H groups in total. The quantitative estimate of drug-likeness (QED) is 0.456. The predicted octanol–water partition coefficient (Wildman–Crippen LogP) is 4.78. The van der Waals surface area contributed by atoms with Crippen molar-refractivity contribution in [3.05, 3.63) is 76.8 Å². The zero-order valence-corrected chi connectivity index (χ0v) is 17.5. The molecule has 0 spiro atoms. The molecule has 1 heterocycles. The summed E-state index contributed by atoms with van der Waals surface area (Å²) in [7, 11) is 0. The maximum atomic E-state index is 12.0. The standard InChI is InChI=1S/C21H17ClN2O3S2/c22-15-6-4-12(5-7-15)17-8-9-18(28-17)29-24-21(20(26)27)11-16(21)13-2-1-3-14(10-13)19(23)25/h1-10,16,24H,11H2,(H2,23,25)(H,26,27). The van der Waals surface area contributed by atoms with Gasteiger partial charge in [0.25, 0.3) is 0 Å². The minimum Gasteiger partial charge on any atom is -0.480 e. The van der Waals surface area contributed by atoms with E-state index in [2.05, 4.69) is 4.72 Å². The molecule has 0 saturated heterocycles. The highest BCUT2D eigenvalue weighted by atomic mass is 35.5. The molecule has 2 aromatic carbocycles. The Bertz CT molecular complexity index is 1080. The number of nitrogens with one attached hydrogen (secondary N) is 1. The molecule has 4 rings (SSSR count). The largest absolute Gasteiger partial charge is 0.480 e. The SMILES string of the molecule is NC(=O)c1cccc(C2CC2(NSc2ccc(-c3ccc(Cl)cc3)s2)C(=O)O)c1. The summed E-state index contributed by atoms with van der Waals surface area (Å²) in [5.74, 6) is -1.65. The van der Waals surface area contributed by atoms with Crippen LogP contribution in [0.25, 0.3) is 10.4 Å². The number of primary amides is 1. The van der Waals surface area contributed by atoms with E-state index in [1.165, 1.54) is 11.9 Å². The fourth-order valence-electron chi connectivity index (χ4n) is 3.25. The molecular formula is C21H17ClN2O3S2. The molecular weight excluding hydrogens is 428 g/mol. The van der Waals surface area contributed by atoms with Gasteiger partial charge in [-0.1, -0.05) is 35.9 Å². The molecule has 1 aliphatic carbocycles. The van der Waals surface area contributed by atoms with E-state index in [-0.39, 0.29) is 5.92 Å². The lowest BCUT2D eigenvalue weighted by molar-refractivity contribution is -0.140. The van der Waals surface area contributed by atoms with Crippen molar-refractivity contribution in [3.8, 4) is 10.4 Å². The highest BCUT2D eigenvalue weighted by molar-refractivity contribution is 7.99. The van der Waals surface area contributed by atoms with E-state index >= 15 is 0 Å². The zero-order chi connectivity index (χ0) is 20.6. The van der Waals surface area contributed by atoms with Crippen molar-refractivity contribution in [2.75, 3.05) is 0 Å². The van der Waals surface area contributed by atoms with Crippen molar-refractivity contribution in [1.29, 1.82) is 0 Å². The van der Waals surface area contributed by atoms with Crippen molar-refractivity contribution in [2.24, 2.45) is 5.73 Å². The molecule has 2 unspecified atom stereocenters. The monoisotopic (exact) mass is 444 g/mol. The second kappa shape index (κ2) is 7.84. The van der Waals surface area contributed by atoms with Crippen LogP contribution in [0.15, 0.2) is 64.9 Å². The molecule has 1 fully saturated rings. The van der Waals surface area contributed by atoms with E-state index in [1.807, 2.05) is 42.5 Å². The summed E-state index contributed by atoms with van der Waals surface area (Å²) < 4.78 is 4.11. The third-order valence-corrected chi connectivity index (χ3v) is 7.44. The first kappa shape index (κ1) is 20.0. The molecule has 1 aliphatic rings. The molecule has 1 saturated carbocycles. The lowest BCUT2D eigenvalue weighted by atomic mass is 10.0. The molecule has 29 heavy (non-hydrogen) atoms. The Morgan fingerprint density at radius 2 is 1.93 bits per heavy atom. The molecule has 0 bridgehead atoms. The number of carboxylic acid groups (broad SMARTS) is 1. The molecule has 5 nitrogen and oxygen atoms in total. The van der Waals surface area contributed by atoms with Crippen LogP contribution in [0.1, 0.15) is 28.3 Å². The maximum absolute atomic E-state index is 12.0. The minimum absolute atomic E-state index is 0.220. The van der Waals surface area contributed by atoms with Gasteiger partial charge in [-0.3, -0.25) is 9.59 Å². The predicted molar refractivity (Wildman–Crippen MR) is 116 cm³/mol. The fourth-order valence-corrected chi connectivity index (χ4v) is 5.41. The molecule has 8 heteroatoms. The fraction of sp³-hybridized carbons (Fsp3) is 0.143. The number of benzene rings is 2. The number of rotatable bonds is 7.